The zero-order valence-electron chi connectivity index (χ0n) is 16.5. The zero-order chi connectivity index (χ0) is 19.2. The fraction of sp³-hybridized carbons (Fsp3) is 0.500. The number of piperazine rings is 1. The largest absolute Gasteiger partial charge is 0.370 e. The highest BCUT2D eigenvalue weighted by molar-refractivity contribution is 5.49. The number of rotatable bonds is 7. The fourth-order valence-corrected chi connectivity index (χ4v) is 3.21. The van der Waals surface area contributed by atoms with E-state index in [1.807, 2.05) is 25.1 Å². The number of hydrogen-bond acceptors (Lipinski definition) is 6. The summed E-state index contributed by atoms with van der Waals surface area (Å²) in [5.41, 5.74) is 2.03. The summed E-state index contributed by atoms with van der Waals surface area (Å²) in [6, 6.07) is 8.70. The monoisotopic (exact) mass is 372 g/mol. The molecule has 1 aliphatic rings. The van der Waals surface area contributed by atoms with Gasteiger partial charge in [-0.1, -0.05) is 0 Å². The van der Waals surface area contributed by atoms with Crippen LogP contribution in [-0.4, -0.2) is 68.2 Å². The first kappa shape index (κ1) is 19.4. The number of anilines is 3. The quantitative estimate of drug-likeness (QED) is 0.754. The molecule has 6 nitrogen and oxygen atoms in total. The molecule has 1 aromatic heterocycles. The number of nitrogens with one attached hydrogen (secondary N) is 1. The van der Waals surface area contributed by atoms with E-state index in [-0.39, 0.29) is 5.82 Å². The van der Waals surface area contributed by atoms with Gasteiger partial charge in [-0.2, -0.15) is 4.98 Å². The minimum Gasteiger partial charge on any atom is -0.370 e. The fourth-order valence-electron chi connectivity index (χ4n) is 3.21. The number of nitrogens with zero attached hydrogens (tertiary/aromatic N) is 5. The molecule has 0 radical (unpaired) electrons. The summed E-state index contributed by atoms with van der Waals surface area (Å²) in [6.07, 6.45) is 1.07. The number of halogens is 1. The molecule has 0 spiro atoms. The van der Waals surface area contributed by atoms with Crippen LogP contribution in [0.1, 0.15) is 12.1 Å². The third-order valence-electron chi connectivity index (χ3n) is 4.68. The van der Waals surface area contributed by atoms with E-state index in [1.165, 1.54) is 12.1 Å². The van der Waals surface area contributed by atoms with Crippen LogP contribution in [0, 0.1) is 12.7 Å². The van der Waals surface area contributed by atoms with Crippen molar-refractivity contribution in [3.63, 3.8) is 0 Å². The van der Waals surface area contributed by atoms with Crippen molar-refractivity contribution in [1.82, 2.24) is 14.9 Å². The Morgan fingerprint density at radius 3 is 2.37 bits per heavy atom. The van der Waals surface area contributed by atoms with Gasteiger partial charge in [0.1, 0.15) is 11.6 Å². The van der Waals surface area contributed by atoms with Crippen LogP contribution < -0.4 is 15.1 Å². The normalized spacial score (nSPS) is 14.7. The second kappa shape index (κ2) is 8.99. The highest BCUT2D eigenvalue weighted by atomic mass is 19.1. The third kappa shape index (κ3) is 5.53. The molecule has 27 heavy (non-hydrogen) atoms. The molecule has 1 aromatic carbocycles. The van der Waals surface area contributed by atoms with Gasteiger partial charge in [-0.3, -0.25) is 0 Å². The number of hydrogen-bond donors (Lipinski definition) is 1. The maximum Gasteiger partial charge on any atom is 0.227 e. The molecule has 2 heterocycles. The van der Waals surface area contributed by atoms with Gasteiger partial charge in [0.2, 0.25) is 5.95 Å². The molecule has 1 saturated heterocycles. The van der Waals surface area contributed by atoms with Crippen LogP contribution in [0.3, 0.4) is 0 Å². The smallest absolute Gasteiger partial charge is 0.227 e. The zero-order valence-corrected chi connectivity index (χ0v) is 16.5. The minimum atomic E-state index is -0.198. The standard InChI is InChI=1S/C20H29FN6/c1-16-15-19(22-9-4-10-25(2)3)24-20(23-16)27-13-11-26(12-14-27)18-7-5-17(21)6-8-18/h5-8,15H,4,9-14H2,1-3H3,(H,22,23,24). The SMILES string of the molecule is Cc1cc(NCCCN(C)C)nc(N2CCN(c3ccc(F)cc3)CC2)n1. The maximum absolute atomic E-state index is 13.1. The van der Waals surface area contributed by atoms with Crippen LogP contribution in [-0.2, 0) is 0 Å². The van der Waals surface area contributed by atoms with Crippen LogP contribution in [0.4, 0.5) is 21.8 Å². The molecule has 0 saturated carbocycles. The molecule has 0 aliphatic carbocycles. The van der Waals surface area contributed by atoms with Crippen LogP contribution in [0.2, 0.25) is 0 Å². The van der Waals surface area contributed by atoms with E-state index >= 15 is 0 Å². The second-order valence-corrected chi connectivity index (χ2v) is 7.23. The van der Waals surface area contributed by atoms with Crippen LogP contribution >= 0.6 is 0 Å². The van der Waals surface area contributed by atoms with E-state index in [9.17, 15) is 4.39 Å². The Balaban J connectivity index is 1.57. The van der Waals surface area contributed by atoms with Crippen molar-refractivity contribution < 1.29 is 4.39 Å². The van der Waals surface area contributed by atoms with Gasteiger partial charge in [0.05, 0.1) is 0 Å². The van der Waals surface area contributed by atoms with Crippen molar-refractivity contribution in [1.29, 1.82) is 0 Å². The third-order valence-corrected chi connectivity index (χ3v) is 4.68. The van der Waals surface area contributed by atoms with E-state index in [4.69, 9.17) is 4.98 Å². The van der Waals surface area contributed by atoms with Gasteiger partial charge < -0.3 is 20.0 Å². The van der Waals surface area contributed by atoms with Gasteiger partial charge in [-0.25, -0.2) is 9.37 Å². The van der Waals surface area contributed by atoms with Gasteiger partial charge in [0, 0.05) is 50.2 Å². The van der Waals surface area contributed by atoms with Crippen LogP contribution in [0.5, 0.6) is 0 Å². The molecule has 2 aromatic rings. The van der Waals surface area contributed by atoms with Crippen molar-refractivity contribution in [3.05, 3.63) is 41.8 Å². The number of aromatic nitrogens is 2. The lowest BCUT2D eigenvalue weighted by Crippen LogP contribution is -2.47. The first-order chi connectivity index (χ1) is 13.0. The average Bonchev–Trinajstić information content (AvgIpc) is 2.65. The lowest BCUT2D eigenvalue weighted by molar-refractivity contribution is 0.405. The molecule has 7 heteroatoms. The Morgan fingerprint density at radius 1 is 1.04 bits per heavy atom. The summed E-state index contributed by atoms with van der Waals surface area (Å²) in [7, 11) is 4.16. The Bertz CT molecular complexity index is 726. The minimum absolute atomic E-state index is 0.198. The Kier molecular flexibility index (Phi) is 6.45. The Labute approximate surface area is 161 Å². The molecule has 0 unspecified atom stereocenters. The molecule has 0 atom stereocenters. The maximum atomic E-state index is 13.1. The van der Waals surface area contributed by atoms with Crippen molar-refractivity contribution >= 4 is 17.5 Å². The highest BCUT2D eigenvalue weighted by Crippen LogP contribution is 2.20. The number of aryl methyl sites for hydroxylation is 1. The van der Waals surface area contributed by atoms with E-state index in [1.54, 1.807) is 0 Å². The van der Waals surface area contributed by atoms with Gasteiger partial charge in [0.15, 0.2) is 0 Å². The molecule has 1 N–H and O–H groups in total. The molecule has 3 rings (SSSR count). The predicted molar refractivity (Wildman–Crippen MR) is 109 cm³/mol. The average molecular weight is 372 g/mol. The Hall–Kier alpha value is -2.41. The molecule has 1 fully saturated rings. The molecule has 0 amide bonds. The Morgan fingerprint density at radius 2 is 1.70 bits per heavy atom. The van der Waals surface area contributed by atoms with Crippen LogP contribution in [0.15, 0.2) is 30.3 Å². The first-order valence-corrected chi connectivity index (χ1v) is 9.51. The van der Waals surface area contributed by atoms with E-state index in [0.29, 0.717) is 0 Å². The molecule has 146 valence electrons. The summed E-state index contributed by atoms with van der Waals surface area (Å²) in [6.45, 7) is 7.39. The lowest BCUT2D eigenvalue weighted by Gasteiger charge is -2.36. The van der Waals surface area contributed by atoms with Gasteiger partial charge in [-0.05, 0) is 58.3 Å². The van der Waals surface area contributed by atoms with Crippen molar-refractivity contribution in [2.24, 2.45) is 0 Å². The second-order valence-electron chi connectivity index (χ2n) is 7.23. The van der Waals surface area contributed by atoms with Crippen molar-refractivity contribution in [2.75, 3.05) is 68.5 Å². The van der Waals surface area contributed by atoms with Gasteiger partial charge in [-0.15, -0.1) is 0 Å². The van der Waals surface area contributed by atoms with E-state index in [0.717, 1.165) is 68.8 Å². The summed E-state index contributed by atoms with van der Waals surface area (Å²) in [5.74, 6) is 1.47. The summed E-state index contributed by atoms with van der Waals surface area (Å²) < 4.78 is 13.1. The predicted octanol–water partition coefficient (Wildman–Crippen LogP) is 2.61. The van der Waals surface area contributed by atoms with Gasteiger partial charge in [0.25, 0.3) is 0 Å². The van der Waals surface area contributed by atoms with Crippen molar-refractivity contribution in [2.45, 2.75) is 13.3 Å². The highest BCUT2D eigenvalue weighted by Gasteiger charge is 2.20. The topological polar surface area (TPSA) is 47.5 Å². The van der Waals surface area contributed by atoms with E-state index in [2.05, 4.69) is 39.1 Å². The molecule has 1 aliphatic heterocycles. The van der Waals surface area contributed by atoms with Gasteiger partial charge >= 0.3 is 0 Å². The molecular formula is C20H29FN6. The summed E-state index contributed by atoms with van der Waals surface area (Å²) in [5, 5.41) is 3.41. The molecular weight excluding hydrogens is 343 g/mol. The van der Waals surface area contributed by atoms with E-state index < -0.39 is 0 Å². The first-order valence-electron chi connectivity index (χ1n) is 9.51. The van der Waals surface area contributed by atoms with Crippen LogP contribution in [0.25, 0.3) is 0 Å². The summed E-state index contributed by atoms with van der Waals surface area (Å²) >= 11 is 0. The lowest BCUT2D eigenvalue weighted by atomic mass is 10.2. The molecule has 0 bridgehead atoms. The summed E-state index contributed by atoms with van der Waals surface area (Å²) in [4.78, 5) is 16.0. The van der Waals surface area contributed by atoms with Crippen molar-refractivity contribution in [3.8, 4) is 0 Å². The number of benzene rings is 1.